The van der Waals surface area contributed by atoms with Crippen LogP contribution in [0.3, 0.4) is 0 Å². The lowest BCUT2D eigenvalue weighted by Crippen LogP contribution is -2.33. The fourth-order valence-electron chi connectivity index (χ4n) is 1.88. The monoisotopic (exact) mass is 313 g/mol. The van der Waals surface area contributed by atoms with E-state index in [0.29, 0.717) is 0 Å². The number of aliphatic hydroxyl groups is 1. The number of Topliss-reactive ketones (excluding diaryl/α,β-unsaturated/α-hetero) is 3. The summed E-state index contributed by atoms with van der Waals surface area (Å²) in [6, 6.07) is 0. The van der Waals surface area contributed by atoms with E-state index in [9.17, 15) is 24.3 Å². The number of carbonyl (C=O) groups excluding carboxylic acids is 4. The number of hydrogen-bond donors (Lipinski definition) is 2. The Kier molecular flexibility index (Phi) is 9.49. The van der Waals surface area contributed by atoms with E-state index in [-0.39, 0.29) is 67.5 Å². The zero-order valence-electron chi connectivity index (χ0n) is 13.8. The standard InChI is InChI=1S/C16H27NO5/c1-10(2)14(20)5-6-15(21)17-8-13(19)7-12(9-18)16(22)11(3)4/h10-12,18H,5-9H2,1-4H3,(H,17,21). The summed E-state index contributed by atoms with van der Waals surface area (Å²) in [5.74, 6) is -1.90. The maximum atomic E-state index is 11.8. The van der Waals surface area contributed by atoms with Crippen LogP contribution in [-0.4, -0.2) is 41.5 Å². The van der Waals surface area contributed by atoms with E-state index in [2.05, 4.69) is 5.32 Å². The van der Waals surface area contributed by atoms with Crippen LogP contribution < -0.4 is 5.32 Å². The van der Waals surface area contributed by atoms with Crippen LogP contribution in [0.1, 0.15) is 47.0 Å². The van der Waals surface area contributed by atoms with Crippen LogP contribution in [0, 0.1) is 17.8 Å². The number of hydrogen-bond acceptors (Lipinski definition) is 5. The second kappa shape index (κ2) is 10.2. The smallest absolute Gasteiger partial charge is 0.220 e. The van der Waals surface area contributed by atoms with E-state index in [4.69, 9.17) is 0 Å². The van der Waals surface area contributed by atoms with E-state index in [0.717, 1.165) is 0 Å². The van der Waals surface area contributed by atoms with Crippen molar-refractivity contribution in [1.82, 2.24) is 5.32 Å². The fraction of sp³-hybridized carbons (Fsp3) is 0.750. The molecule has 0 saturated carbocycles. The van der Waals surface area contributed by atoms with Crippen molar-refractivity contribution >= 4 is 23.3 Å². The number of rotatable bonds is 11. The predicted octanol–water partition coefficient (Wildman–Crippen LogP) is 0.901. The summed E-state index contributed by atoms with van der Waals surface area (Å²) in [5.41, 5.74) is 0. The molecule has 6 heteroatoms. The Morgan fingerprint density at radius 3 is 2.00 bits per heavy atom. The zero-order chi connectivity index (χ0) is 17.3. The van der Waals surface area contributed by atoms with Crippen molar-refractivity contribution < 1.29 is 24.3 Å². The molecule has 22 heavy (non-hydrogen) atoms. The van der Waals surface area contributed by atoms with Crippen molar-refractivity contribution in [3.63, 3.8) is 0 Å². The van der Waals surface area contributed by atoms with E-state index in [1.54, 1.807) is 27.7 Å². The van der Waals surface area contributed by atoms with Gasteiger partial charge in [-0.05, 0) is 0 Å². The Morgan fingerprint density at radius 1 is 0.955 bits per heavy atom. The average molecular weight is 313 g/mol. The van der Waals surface area contributed by atoms with Gasteiger partial charge >= 0.3 is 0 Å². The Balaban J connectivity index is 4.14. The molecule has 0 aromatic carbocycles. The maximum Gasteiger partial charge on any atom is 0.220 e. The Hall–Kier alpha value is -1.56. The topological polar surface area (TPSA) is 101 Å². The van der Waals surface area contributed by atoms with Gasteiger partial charge in [-0.2, -0.15) is 0 Å². The van der Waals surface area contributed by atoms with Gasteiger partial charge in [0, 0.05) is 37.0 Å². The fourth-order valence-corrected chi connectivity index (χ4v) is 1.88. The highest BCUT2D eigenvalue weighted by Crippen LogP contribution is 2.11. The minimum Gasteiger partial charge on any atom is -0.396 e. The van der Waals surface area contributed by atoms with Gasteiger partial charge in [0.05, 0.1) is 13.2 Å². The third-order valence-corrected chi connectivity index (χ3v) is 3.39. The van der Waals surface area contributed by atoms with Gasteiger partial charge in [0.25, 0.3) is 0 Å². The average Bonchev–Trinajstić information content (AvgIpc) is 2.46. The van der Waals surface area contributed by atoms with Gasteiger partial charge in [-0.25, -0.2) is 0 Å². The van der Waals surface area contributed by atoms with Gasteiger partial charge in [-0.3, -0.25) is 19.2 Å². The molecule has 0 aromatic heterocycles. The molecule has 0 fully saturated rings. The van der Waals surface area contributed by atoms with E-state index < -0.39 is 5.92 Å². The highest BCUT2D eigenvalue weighted by atomic mass is 16.3. The Bertz CT molecular complexity index is 415. The molecule has 0 rings (SSSR count). The van der Waals surface area contributed by atoms with Gasteiger partial charge in [-0.15, -0.1) is 0 Å². The largest absolute Gasteiger partial charge is 0.396 e. The van der Waals surface area contributed by atoms with Gasteiger partial charge in [0.1, 0.15) is 11.6 Å². The molecule has 1 amide bonds. The van der Waals surface area contributed by atoms with Crippen LogP contribution in [-0.2, 0) is 19.2 Å². The summed E-state index contributed by atoms with van der Waals surface area (Å²) in [6.07, 6.45) is 0.125. The SMILES string of the molecule is CC(C)C(=O)CCC(=O)NCC(=O)CC(CO)C(=O)C(C)C. The first kappa shape index (κ1) is 20.4. The minimum absolute atomic E-state index is 0.00403. The molecule has 0 spiro atoms. The molecule has 0 aromatic rings. The molecule has 1 atom stereocenters. The van der Waals surface area contributed by atoms with Crippen molar-refractivity contribution in [3.8, 4) is 0 Å². The number of ketones is 3. The molecule has 1 unspecified atom stereocenters. The van der Waals surface area contributed by atoms with Crippen molar-refractivity contribution in [2.24, 2.45) is 17.8 Å². The Morgan fingerprint density at radius 2 is 1.55 bits per heavy atom. The van der Waals surface area contributed by atoms with Gasteiger partial charge in [-0.1, -0.05) is 27.7 Å². The summed E-state index contributed by atoms with van der Waals surface area (Å²) in [7, 11) is 0. The van der Waals surface area contributed by atoms with E-state index in [1.165, 1.54) is 0 Å². The predicted molar refractivity (Wildman–Crippen MR) is 82.1 cm³/mol. The molecule has 126 valence electrons. The summed E-state index contributed by atoms with van der Waals surface area (Å²) < 4.78 is 0. The van der Waals surface area contributed by atoms with Gasteiger partial charge < -0.3 is 10.4 Å². The lowest BCUT2D eigenvalue weighted by molar-refractivity contribution is -0.131. The molecular formula is C16H27NO5. The third-order valence-electron chi connectivity index (χ3n) is 3.39. The zero-order valence-corrected chi connectivity index (χ0v) is 13.8. The Labute approximate surface area is 131 Å². The van der Waals surface area contributed by atoms with Crippen molar-refractivity contribution in [1.29, 1.82) is 0 Å². The third kappa shape index (κ3) is 8.02. The molecular weight excluding hydrogens is 286 g/mol. The normalized spacial score (nSPS) is 12.3. The minimum atomic E-state index is -0.716. The van der Waals surface area contributed by atoms with Crippen LogP contribution in [0.5, 0.6) is 0 Å². The number of amides is 1. The number of carbonyl (C=O) groups is 4. The molecule has 0 aliphatic carbocycles. The van der Waals surface area contributed by atoms with Crippen molar-refractivity contribution in [2.45, 2.75) is 47.0 Å². The summed E-state index contributed by atoms with van der Waals surface area (Å²) >= 11 is 0. The lowest BCUT2D eigenvalue weighted by atomic mass is 9.91. The molecule has 6 nitrogen and oxygen atoms in total. The number of aliphatic hydroxyl groups excluding tert-OH is 1. The van der Waals surface area contributed by atoms with E-state index >= 15 is 0 Å². The highest BCUT2D eigenvalue weighted by molar-refractivity contribution is 5.92. The first-order valence-corrected chi connectivity index (χ1v) is 7.64. The molecule has 2 N–H and O–H groups in total. The molecule has 0 radical (unpaired) electrons. The molecule has 0 aliphatic heterocycles. The van der Waals surface area contributed by atoms with Crippen molar-refractivity contribution in [3.05, 3.63) is 0 Å². The lowest BCUT2D eigenvalue weighted by Gasteiger charge is -2.14. The molecule has 0 bridgehead atoms. The highest BCUT2D eigenvalue weighted by Gasteiger charge is 2.23. The summed E-state index contributed by atoms with van der Waals surface area (Å²) in [5, 5.41) is 11.6. The maximum absolute atomic E-state index is 11.8. The first-order valence-electron chi connectivity index (χ1n) is 7.64. The summed E-state index contributed by atoms with van der Waals surface area (Å²) in [4.78, 5) is 46.4. The van der Waals surface area contributed by atoms with E-state index in [1.807, 2.05) is 0 Å². The van der Waals surface area contributed by atoms with Crippen LogP contribution in [0.2, 0.25) is 0 Å². The first-order chi connectivity index (χ1) is 10.2. The molecule has 0 saturated heterocycles. The van der Waals surface area contributed by atoms with Crippen LogP contribution in [0.25, 0.3) is 0 Å². The van der Waals surface area contributed by atoms with Crippen LogP contribution in [0.15, 0.2) is 0 Å². The second-order valence-electron chi connectivity index (χ2n) is 6.08. The summed E-state index contributed by atoms with van der Waals surface area (Å²) in [6.45, 7) is 6.40. The van der Waals surface area contributed by atoms with Gasteiger partial charge in [0.2, 0.25) is 5.91 Å². The van der Waals surface area contributed by atoms with Gasteiger partial charge in [0.15, 0.2) is 5.78 Å². The molecule has 0 aliphatic rings. The van der Waals surface area contributed by atoms with Crippen LogP contribution in [0.4, 0.5) is 0 Å². The molecule has 0 heterocycles. The van der Waals surface area contributed by atoms with Crippen molar-refractivity contribution in [2.75, 3.05) is 13.2 Å². The van der Waals surface area contributed by atoms with Crippen LogP contribution >= 0.6 is 0 Å². The second-order valence-corrected chi connectivity index (χ2v) is 6.08. The number of nitrogens with one attached hydrogen (secondary N) is 1. The quantitative estimate of drug-likeness (QED) is 0.590.